The molecule has 0 aromatic heterocycles. The summed E-state index contributed by atoms with van der Waals surface area (Å²) in [5, 5.41) is 2.77. The van der Waals surface area contributed by atoms with E-state index in [0.717, 1.165) is 44.8 Å². The maximum atomic E-state index is 12.4. The van der Waals surface area contributed by atoms with E-state index in [9.17, 15) is 9.59 Å². The van der Waals surface area contributed by atoms with Gasteiger partial charge in [-0.25, -0.2) is 4.79 Å². The van der Waals surface area contributed by atoms with Gasteiger partial charge < -0.3 is 29.3 Å². The molecule has 3 rings (SSSR count). The molecule has 1 heterocycles. The van der Waals surface area contributed by atoms with E-state index in [2.05, 4.69) is 35.9 Å². The van der Waals surface area contributed by atoms with Crippen molar-refractivity contribution in [2.24, 2.45) is 5.92 Å². The lowest BCUT2D eigenvalue weighted by Gasteiger charge is -2.35. The fraction of sp³-hybridized carbons (Fsp3) is 0.481. The zero-order chi connectivity index (χ0) is 25.2. The number of esters is 1. The van der Waals surface area contributed by atoms with Gasteiger partial charge in [-0.2, -0.15) is 0 Å². The predicted molar refractivity (Wildman–Crippen MR) is 138 cm³/mol. The molecule has 0 bridgehead atoms. The lowest BCUT2D eigenvalue weighted by atomic mass is 10.1. The smallest absolute Gasteiger partial charge is 0.338 e. The van der Waals surface area contributed by atoms with Crippen LogP contribution in [-0.2, 0) is 9.53 Å². The van der Waals surface area contributed by atoms with Crippen LogP contribution in [0, 0.1) is 5.92 Å². The fourth-order valence-electron chi connectivity index (χ4n) is 3.81. The van der Waals surface area contributed by atoms with Gasteiger partial charge in [-0.15, -0.1) is 0 Å². The van der Waals surface area contributed by atoms with E-state index in [1.54, 1.807) is 18.2 Å². The number of benzene rings is 2. The van der Waals surface area contributed by atoms with Crippen LogP contribution in [0.3, 0.4) is 0 Å². The van der Waals surface area contributed by atoms with Gasteiger partial charge in [0.25, 0.3) is 5.91 Å². The minimum atomic E-state index is -0.603. The van der Waals surface area contributed by atoms with Crippen LogP contribution in [0.25, 0.3) is 0 Å². The summed E-state index contributed by atoms with van der Waals surface area (Å²) in [4.78, 5) is 29.5. The Hall–Kier alpha value is -3.26. The van der Waals surface area contributed by atoms with E-state index in [1.165, 1.54) is 7.11 Å². The summed E-state index contributed by atoms with van der Waals surface area (Å²) in [6.45, 7) is 11.8. The predicted octanol–water partition coefficient (Wildman–Crippen LogP) is 4.06. The molecule has 1 fully saturated rings. The monoisotopic (exact) mass is 483 g/mol. The Morgan fingerprint density at radius 2 is 1.71 bits per heavy atom. The largest absolute Gasteiger partial charge is 0.493 e. The average molecular weight is 484 g/mol. The maximum absolute atomic E-state index is 12.4. The van der Waals surface area contributed by atoms with Gasteiger partial charge in [-0.1, -0.05) is 20.8 Å². The molecule has 0 aliphatic carbocycles. The number of hydrogen-bond donors (Lipinski definition) is 1. The van der Waals surface area contributed by atoms with Gasteiger partial charge in [-0.05, 0) is 61.3 Å². The molecule has 0 saturated carbocycles. The van der Waals surface area contributed by atoms with Crippen LogP contribution in [0.15, 0.2) is 42.5 Å². The summed E-state index contributed by atoms with van der Waals surface area (Å²) in [6.07, 6.45) is 0.917. The van der Waals surface area contributed by atoms with E-state index in [1.807, 2.05) is 24.3 Å². The third-order valence-corrected chi connectivity index (χ3v) is 6.02. The number of nitrogens with zero attached hydrogens (tertiary/aromatic N) is 2. The number of hydrogen-bond acceptors (Lipinski definition) is 7. The Morgan fingerprint density at radius 3 is 2.34 bits per heavy atom. The Labute approximate surface area is 208 Å². The van der Waals surface area contributed by atoms with Crippen LogP contribution >= 0.6 is 0 Å². The molecule has 0 radical (unpaired) electrons. The topological polar surface area (TPSA) is 80.3 Å². The average Bonchev–Trinajstić information content (AvgIpc) is 2.87. The molecule has 2 aromatic carbocycles. The first-order valence-corrected chi connectivity index (χ1v) is 12.2. The second-order valence-corrected chi connectivity index (χ2v) is 8.99. The summed E-state index contributed by atoms with van der Waals surface area (Å²) >= 11 is 0. The van der Waals surface area contributed by atoms with Crippen molar-refractivity contribution < 1.29 is 23.8 Å². The number of methoxy groups -OCH3 is 1. The number of ether oxygens (including phenoxy) is 3. The third kappa shape index (κ3) is 7.89. The zero-order valence-electron chi connectivity index (χ0n) is 21.2. The van der Waals surface area contributed by atoms with Crippen LogP contribution in [0.5, 0.6) is 11.5 Å². The van der Waals surface area contributed by atoms with Gasteiger partial charge in [0.05, 0.1) is 19.3 Å². The van der Waals surface area contributed by atoms with Gasteiger partial charge in [0.1, 0.15) is 0 Å². The fourth-order valence-corrected chi connectivity index (χ4v) is 3.81. The Morgan fingerprint density at radius 1 is 1.00 bits per heavy atom. The highest BCUT2D eigenvalue weighted by molar-refractivity contribution is 5.95. The molecule has 1 N–H and O–H groups in total. The molecule has 0 unspecified atom stereocenters. The van der Waals surface area contributed by atoms with E-state index in [4.69, 9.17) is 14.2 Å². The second kappa shape index (κ2) is 13.0. The molecule has 8 nitrogen and oxygen atoms in total. The van der Waals surface area contributed by atoms with Crippen molar-refractivity contribution in [3.8, 4) is 11.5 Å². The standard InChI is InChI=1S/C27H37N3O5/c1-5-29-13-15-30(16-14-29)23-9-7-22(8-10-23)28-26(31)19-35-27(32)21-6-11-24(25(18-21)33-4)34-17-12-20(2)3/h6-11,18,20H,5,12-17,19H2,1-4H3,(H,28,31). The number of anilines is 2. The van der Waals surface area contributed by atoms with Crippen molar-refractivity contribution in [2.45, 2.75) is 27.2 Å². The summed E-state index contributed by atoms with van der Waals surface area (Å²) in [6, 6.07) is 12.6. The van der Waals surface area contributed by atoms with E-state index >= 15 is 0 Å². The van der Waals surface area contributed by atoms with E-state index in [-0.39, 0.29) is 6.61 Å². The molecular formula is C27H37N3O5. The first-order chi connectivity index (χ1) is 16.9. The highest BCUT2D eigenvalue weighted by Crippen LogP contribution is 2.29. The van der Waals surface area contributed by atoms with Crippen molar-refractivity contribution in [1.29, 1.82) is 0 Å². The van der Waals surface area contributed by atoms with Gasteiger partial charge in [0.2, 0.25) is 0 Å². The van der Waals surface area contributed by atoms with Crippen LogP contribution in [0.2, 0.25) is 0 Å². The molecule has 1 aliphatic heterocycles. The van der Waals surface area contributed by atoms with Crippen LogP contribution in [0.4, 0.5) is 11.4 Å². The Balaban J connectivity index is 1.47. The number of rotatable bonds is 11. The number of amides is 1. The molecule has 1 amide bonds. The Bertz CT molecular complexity index is 969. The summed E-state index contributed by atoms with van der Waals surface area (Å²) in [5.74, 6) is 0.542. The highest BCUT2D eigenvalue weighted by Gasteiger charge is 2.17. The van der Waals surface area contributed by atoms with Crippen LogP contribution < -0.4 is 19.7 Å². The SMILES string of the molecule is CCN1CCN(c2ccc(NC(=O)COC(=O)c3ccc(OCCC(C)C)c(OC)c3)cc2)CC1. The van der Waals surface area contributed by atoms with Crippen molar-refractivity contribution in [2.75, 3.05) is 63.3 Å². The molecule has 190 valence electrons. The number of piperazine rings is 1. The summed E-state index contributed by atoms with van der Waals surface area (Å²) < 4.78 is 16.3. The zero-order valence-corrected chi connectivity index (χ0v) is 21.2. The van der Waals surface area contributed by atoms with Gasteiger partial charge in [0.15, 0.2) is 18.1 Å². The molecule has 0 atom stereocenters. The molecule has 35 heavy (non-hydrogen) atoms. The lowest BCUT2D eigenvalue weighted by Crippen LogP contribution is -2.46. The molecule has 1 aliphatic rings. The van der Waals surface area contributed by atoms with Crippen LogP contribution in [-0.4, -0.2) is 69.8 Å². The van der Waals surface area contributed by atoms with Crippen LogP contribution in [0.1, 0.15) is 37.6 Å². The third-order valence-electron chi connectivity index (χ3n) is 6.02. The number of nitrogens with one attached hydrogen (secondary N) is 1. The molecule has 0 spiro atoms. The molecule has 8 heteroatoms. The first kappa shape index (κ1) is 26.3. The molecular weight excluding hydrogens is 446 g/mol. The molecule has 2 aromatic rings. The number of carbonyl (C=O) groups is 2. The summed E-state index contributed by atoms with van der Waals surface area (Å²) in [5.41, 5.74) is 2.08. The maximum Gasteiger partial charge on any atom is 0.338 e. The summed E-state index contributed by atoms with van der Waals surface area (Å²) in [7, 11) is 1.52. The van der Waals surface area contributed by atoms with Crippen molar-refractivity contribution >= 4 is 23.3 Å². The first-order valence-electron chi connectivity index (χ1n) is 12.2. The van der Waals surface area contributed by atoms with Gasteiger partial charge in [0, 0.05) is 37.6 Å². The van der Waals surface area contributed by atoms with Crippen molar-refractivity contribution in [1.82, 2.24) is 4.90 Å². The van der Waals surface area contributed by atoms with Crippen molar-refractivity contribution in [3.05, 3.63) is 48.0 Å². The van der Waals surface area contributed by atoms with Gasteiger partial charge in [-0.3, -0.25) is 4.79 Å². The minimum Gasteiger partial charge on any atom is -0.493 e. The second-order valence-electron chi connectivity index (χ2n) is 8.99. The van der Waals surface area contributed by atoms with E-state index in [0.29, 0.717) is 35.3 Å². The quantitative estimate of drug-likeness (QED) is 0.483. The minimum absolute atomic E-state index is 0.290. The normalized spacial score (nSPS) is 14.0. The lowest BCUT2D eigenvalue weighted by molar-refractivity contribution is -0.119. The Kier molecular flexibility index (Phi) is 9.78. The number of likely N-dealkylation sites (N-methyl/N-ethyl adjacent to an activating group) is 1. The van der Waals surface area contributed by atoms with Gasteiger partial charge >= 0.3 is 5.97 Å². The molecule has 1 saturated heterocycles. The number of carbonyl (C=O) groups excluding carboxylic acids is 2. The van der Waals surface area contributed by atoms with E-state index < -0.39 is 11.9 Å². The highest BCUT2D eigenvalue weighted by atomic mass is 16.5. The van der Waals surface area contributed by atoms with Crippen molar-refractivity contribution in [3.63, 3.8) is 0 Å².